The normalized spacial score (nSPS) is 9.58. The van der Waals surface area contributed by atoms with E-state index in [1.54, 1.807) is 7.11 Å². The zero-order valence-electron chi connectivity index (χ0n) is 7.85. The van der Waals surface area contributed by atoms with Gasteiger partial charge in [-0.25, -0.2) is 0 Å². The molecule has 0 atom stereocenters. The van der Waals surface area contributed by atoms with Crippen molar-refractivity contribution in [2.45, 2.75) is 13.3 Å². The van der Waals surface area contributed by atoms with Crippen molar-refractivity contribution in [2.24, 2.45) is 0 Å². The lowest BCUT2D eigenvalue weighted by Gasteiger charge is -2.08. The second kappa shape index (κ2) is 4.00. The molecule has 0 saturated carbocycles. The van der Waals surface area contributed by atoms with E-state index in [1.807, 2.05) is 13.1 Å². The minimum absolute atomic E-state index is 0.898. The van der Waals surface area contributed by atoms with Crippen LogP contribution in [0.25, 0.3) is 0 Å². The van der Waals surface area contributed by atoms with Crippen LogP contribution in [-0.4, -0.2) is 14.2 Å². The number of methoxy groups -OCH3 is 1. The van der Waals surface area contributed by atoms with E-state index >= 15 is 0 Å². The number of ether oxygens (including phenoxy) is 1. The van der Waals surface area contributed by atoms with Gasteiger partial charge in [0.05, 0.1) is 12.8 Å². The summed E-state index contributed by atoms with van der Waals surface area (Å²) in [5.74, 6) is 0.898. The van der Waals surface area contributed by atoms with Gasteiger partial charge < -0.3 is 10.1 Å². The van der Waals surface area contributed by atoms with Gasteiger partial charge in [0.1, 0.15) is 5.75 Å². The largest absolute Gasteiger partial charge is 0.495 e. The van der Waals surface area contributed by atoms with E-state index in [4.69, 9.17) is 4.74 Å². The Labute approximate surface area is 73.6 Å². The van der Waals surface area contributed by atoms with Crippen molar-refractivity contribution in [1.29, 1.82) is 0 Å². The molecule has 0 fully saturated rings. The van der Waals surface area contributed by atoms with Crippen LogP contribution in [0.3, 0.4) is 0 Å². The van der Waals surface area contributed by atoms with Crippen LogP contribution in [0.1, 0.15) is 12.5 Å². The smallest absolute Gasteiger partial charge is 0.141 e. The quantitative estimate of drug-likeness (QED) is 0.742. The van der Waals surface area contributed by atoms with E-state index in [0.29, 0.717) is 0 Å². The minimum Gasteiger partial charge on any atom is -0.495 e. The highest BCUT2D eigenvalue weighted by molar-refractivity contribution is 5.57. The molecule has 0 aromatic heterocycles. The highest BCUT2D eigenvalue weighted by Crippen LogP contribution is 2.24. The number of rotatable bonds is 3. The number of benzene rings is 1. The highest BCUT2D eigenvalue weighted by atomic mass is 16.5. The topological polar surface area (TPSA) is 21.3 Å². The van der Waals surface area contributed by atoms with Gasteiger partial charge in [-0.3, -0.25) is 0 Å². The van der Waals surface area contributed by atoms with E-state index < -0.39 is 0 Å². The van der Waals surface area contributed by atoms with Gasteiger partial charge in [-0.2, -0.15) is 0 Å². The Morgan fingerprint density at radius 3 is 2.67 bits per heavy atom. The van der Waals surface area contributed by atoms with Crippen molar-refractivity contribution in [3.8, 4) is 5.75 Å². The van der Waals surface area contributed by atoms with Crippen molar-refractivity contribution >= 4 is 5.69 Å². The molecule has 0 amide bonds. The third-order valence-corrected chi connectivity index (χ3v) is 1.94. The minimum atomic E-state index is 0.898. The lowest BCUT2D eigenvalue weighted by molar-refractivity contribution is 0.416. The van der Waals surface area contributed by atoms with E-state index in [0.717, 1.165) is 17.9 Å². The number of aryl methyl sites for hydroxylation is 1. The summed E-state index contributed by atoms with van der Waals surface area (Å²) in [5, 5.41) is 3.10. The molecular weight excluding hydrogens is 150 g/mol. The molecule has 12 heavy (non-hydrogen) atoms. The SMILES string of the molecule is CCc1ccc(OC)c(NC)c1. The summed E-state index contributed by atoms with van der Waals surface area (Å²) >= 11 is 0. The number of anilines is 1. The Bertz CT molecular complexity index is 258. The molecule has 66 valence electrons. The monoisotopic (exact) mass is 165 g/mol. The second-order valence-corrected chi connectivity index (χ2v) is 2.64. The third-order valence-electron chi connectivity index (χ3n) is 1.94. The zero-order chi connectivity index (χ0) is 8.97. The predicted molar refractivity (Wildman–Crippen MR) is 51.9 cm³/mol. The van der Waals surface area contributed by atoms with Crippen molar-refractivity contribution in [3.05, 3.63) is 23.8 Å². The van der Waals surface area contributed by atoms with E-state index in [1.165, 1.54) is 5.56 Å². The number of nitrogens with one attached hydrogen (secondary N) is 1. The molecule has 0 bridgehead atoms. The van der Waals surface area contributed by atoms with Crippen molar-refractivity contribution in [3.63, 3.8) is 0 Å². The first-order valence-electron chi connectivity index (χ1n) is 4.16. The molecule has 1 aromatic carbocycles. The first kappa shape index (κ1) is 8.91. The van der Waals surface area contributed by atoms with Crippen LogP contribution in [0.5, 0.6) is 5.75 Å². The fourth-order valence-electron chi connectivity index (χ4n) is 1.17. The van der Waals surface area contributed by atoms with E-state index in [2.05, 4.69) is 24.4 Å². The van der Waals surface area contributed by atoms with E-state index in [9.17, 15) is 0 Å². The second-order valence-electron chi connectivity index (χ2n) is 2.64. The molecule has 0 aliphatic rings. The van der Waals surface area contributed by atoms with Crippen LogP contribution < -0.4 is 10.1 Å². The van der Waals surface area contributed by atoms with Crippen LogP contribution in [0.2, 0.25) is 0 Å². The van der Waals surface area contributed by atoms with Gasteiger partial charge in [-0.05, 0) is 24.1 Å². The maximum Gasteiger partial charge on any atom is 0.141 e. The fraction of sp³-hybridized carbons (Fsp3) is 0.400. The highest BCUT2D eigenvalue weighted by Gasteiger charge is 2.00. The first-order chi connectivity index (χ1) is 5.81. The lowest BCUT2D eigenvalue weighted by atomic mass is 10.1. The molecule has 0 spiro atoms. The van der Waals surface area contributed by atoms with Crippen LogP contribution in [0, 0.1) is 0 Å². The molecular formula is C10H15NO. The third kappa shape index (κ3) is 1.70. The maximum atomic E-state index is 5.17. The summed E-state index contributed by atoms with van der Waals surface area (Å²) in [6, 6.07) is 6.18. The molecule has 2 heteroatoms. The molecule has 0 radical (unpaired) electrons. The standard InChI is InChI=1S/C10H15NO/c1-4-8-5-6-10(12-3)9(7-8)11-2/h5-7,11H,4H2,1-3H3. The molecule has 2 nitrogen and oxygen atoms in total. The van der Waals surface area contributed by atoms with Gasteiger partial charge in [-0.15, -0.1) is 0 Å². The van der Waals surface area contributed by atoms with Gasteiger partial charge in [-0.1, -0.05) is 13.0 Å². The summed E-state index contributed by atoms with van der Waals surface area (Å²) in [6.45, 7) is 2.14. The Morgan fingerprint density at radius 1 is 1.42 bits per heavy atom. The van der Waals surface area contributed by atoms with E-state index in [-0.39, 0.29) is 0 Å². The summed E-state index contributed by atoms with van der Waals surface area (Å²) in [7, 11) is 3.58. The molecule has 0 saturated heterocycles. The van der Waals surface area contributed by atoms with Gasteiger partial charge in [0.25, 0.3) is 0 Å². The maximum absolute atomic E-state index is 5.17. The van der Waals surface area contributed by atoms with Crippen LogP contribution in [-0.2, 0) is 6.42 Å². The van der Waals surface area contributed by atoms with Crippen molar-refractivity contribution in [1.82, 2.24) is 0 Å². The lowest BCUT2D eigenvalue weighted by Crippen LogP contribution is -1.94. The molecule has 1 N–H and O–H groups in total. The van der Waals surface area contributed by atoms with Crippen molar-refractivity contribution in [2.75, 3.05) is 19.5 Å². The Kier molecular flexibility index (Phi) is 2.97. The molecule has 0 unspecified atom stereocenters. The van der Waals surface area contributed by atoms with Crippen LogP contribution in [0.15, 0.2) is 18.2 Å². The van der Waals surface area contributed by atoms with Crippen LogP contribution >= 0.6 is 0 Å². The average Bonchev–Trinajstić information content (AvgIpc) is 2.16. The molecule has 0 aliphatic carbocycles. The van der Waals surface area contributed by atoms with Crippen molar-refractivity contribution < 1.29 is 4.74 Å². The molecule has 1 rings (SSSR count). The fourth-order valence-corrected chi connectivity index (χ4v) is 1.17. The van der Waals surface area contributed by atoms with Gasteiger partial charge in [0.2, 0.25) is 0 Å². The zero-order valence-corrected chi connectivity index (χ0v) is 7.85. The van der Waals surface area contributed by atoms with Crippen LogP contribution in [0.4, 0.5) is 5.69 Å². The summed E-state index contributed by atoms with van der Waals surface area (Å²) < 4.78 is 5.17. The summed E-state index contributed by atoms with van der Waals surface area (Å²) in [4.78, 5) is 0. The summed E-state index contributed by atoms with van der Waals surface area (Å²) in [5.41, 5.74) is 2.37. The van der Waals surface area contributed by atoms with Gasteiger partial charge in [0.15, 0.2) is 0 Å². The number of hydrogen-bond acceptors (Lipinski definition) is 2. The molecule has 1 aromatic rings. The molecule has 0 heterocycles. The Morgan fingerprint density at radius 2 is 2.17 bits per heavy atom. The first-order valence-corrected chi connectivity index (χ1v) is 4.16. The summed E-state index contributed by atoms with van der Waals surface area (Å²) in [6.07, 6.45) is 1.05. The van der Waals surface area contributed by atoms with Gasteiger partial charge in [0, 0.05) is 7.05 Å². The molecule has 0 aliphatic heterocycles. The number of hydrogen-bond donors (Lipinski definition) is 1. The Balaban J connectivity index is 3.02. The Hall–Kier alpha value is -1.18. The van der Waals surface area contributed by atoms with Gasteiger partial charge >= 0.3 is 0 Å². The average molecular weight is 165 g/mol. The predicted octanol–water partition coefficient (Wildman–Crippen LogP) is 2.30.